The van der Waals surface area contributed by atoms with Crippen molar-refractivity contribution in [1.82, 2.24) is 10.6 Å². The maximum atomic E-state index is 12.9. The lowest BCUT2D eigenvalue weighted by atomic mass is 9.99. The van der Waals surface area contributed by atoms with Gasteiger partial charge in [-0.15, -0.1) is 0 Å². The molecule has 3 rings (SSSR count). The van der Waals surface area contributed by atoms with E-state index in [9.17, 15) is 14.9 Å². The minimum Gasteiger partial charge on any atom is -0.373 e. The number of amides is 3. The number of urea groups is 1. The fourth-order valence-electron chi connectivity index (χ4n) is 3.51. The zero-order chi connectivity index (χ0) is 24.3. The summed E-state index contributed by atoms with van der Waals surface area (Å²) >= 11 is 0. The second-order valence-electron chi connectivity index (χ2n) is 7.51. The fraction of sp³-hybridized carbons (Fsp3) is 0.154. The molecule has 172 valence electrons. The Balaban J connectivity index is 1.83. The first-order valence-corrected chi connectivity index (χ1v) is 10.8. The lowest BCUT2D eigenvalue weighted by Crippen LogP contribution is -2.47. The van der Waals surface area contributed by atoms with Crippen molar-refractivity contribution in [3.63, 3.8) is 0 Å². The Labute approximate surface area is 198 Å². The van der Waals surface area contributed by atoms with Crippen molar-refractivity contribution < 1.29 is 9.59 Å². The third-order valence-corrected chi connectivity index (χ3v) is 5.09. The maximum absolute atomic E-state index is 12.9. The topological polar surface area (TPSA) is 132 Å². The molecule has 0 aliphatic rings. The molecule has 1 atom stereocenters. The first-order valence-electron chi connectivity index (χ1n) is 10.8. The van der Waals surface area contributed by atoms with E-state index in [2.05, 4.69) is 27.1 Å². The van der Waals surface area contributed by atoms with Gasteiger partial charge in [-0.1, -0.05) is 54.6 Å². The van der Waals surface area contributed by atoms with Gasteiger partial charge in [0.15, 0.2) is 0 Å². The summed E-state index contributed by atoms with van der Waals surface area (Å²) < 4.78 is 0. The Morgan fingerprint density at radius 2 is 1.85 bits per heavy atom. The minimum absolute atomic E-state index is 0.330. The summed E-state index contributed by atoms with van der Waals surface area (Å²) in [6.07, 6.45) is 1.86. The molecule has 8 nitrogen and oxygen atoms in total. The molecule has 0 fully saturated rings. The van der Waals surface area contributed by atoms with Crippen LogP contribution in [0.1, 0.15) is 23.6 Å². The van der Waals surface area contributed by atoms with Gasteiger partial charge in [-0.05, 0) is 47.4 Å². The highest BCUT2D eigenvalue weighted by Crippen LogP contribution is 2.25. The number of hydrogen-bond donors (Lipinski definition) is 4. The van der Waals surface area contributed by atoms with Crippen molar-refractivity contribution in [1.29, 1.82) is 5.26 Å². The van der Waals surface area contributed by atoms with E-state index in [1.807, 2.05) is 66.7 Å². The van der Waals surface area contributed by atoms with E-state index in [-0.39, 0.29) is 0 Å². The van der Waals surface area contributed by atoms with Crippen LogP contribution in [0.2, 0.25) is 0 Å². The van der Waals surface area contributed by atoms with E-state index < -0.39 is 18.0 Å². The molecule has 0 bridgehead atoms. The zero-order valence-electron chi connectivity index (χ0n) is 18.8. The zero-order valence-corrected chi connectivity index (χ0v) is 18.8. The summed E-state index contributed by atoms with van der Waals surface area (Å²) in [5, 5.41) is 21.1. The molecular weight excluding hydrogens is 428 g/mol. The first-order chi connectivity index (χ1) is 16.5. The number of nitriles is 1. The van der Waals surface area contributed by atoms with Crippen molar-refractivity contribution in [2.24, 2.45) is 10.9 Å². The smallest absolute Gasteiger partial charge is 0.321 e. The molecule has 0 saturated carbocycles. The summed E-state index contributed by atoms with van der Waals surface area (Å²) in [5.41, 5.74) is 4.70. The van der Waals surface area contributed by atoms with Gasteiger partial charge in [0, 0.05) is 18.7 Å². The molecule has 8 heteroatoms. The number of nitrogens with two attached hydrogens (primary N) is 1. The molecule has 3 amide bonds. The van der Waals surface area contributed by atoms with Gasteiger partial charge in [0.1, 0.15) is 6.04 Å². The predicted octanol–water partition coefficient (Wildman–Crippen LogP) is 3.39. The van der Waals surface area contributed by atoms with Gasteiger partial charge in [-0.3, -0.25) is 10.1 Å². The van der Waals surface area contributed by atoms with Gasteiger partial charge in [0.05, 0.1) is 17.8 Å². The highest BCUT2D eigenvalue weighted by Gasteiger charge is 2.21. The van der Waals surface area contributed by atoms with Crippen LogP contribution in [-0.4, -0.2) is 30.7 Å². The number of hydrazone groups is 1. The average Bonchev–Trinajstić information content (AvgIpc) is 2.84. The van der Waals surface area contributed by atoms with E-state index in [1.54, 1.807) is 13.0 Å². The third-order valence-electron chi connectivity index (χ3n) is 5.09. The lowest BCUT2D eigenvalue weighted by Gasteiger charge is -2.20. The Hall–Kier alpha value is -4.64. The van der Waals surface area contributed by atoms with Crippen LogP contribution >= 0.6 is 0 Å². The van der Waals surface area contributed by atoms with Gasteiger partial charge in [-0.2, -0.15) is 10.4 Å². The molecule has 0 spiro atoms. The van der Waals surface area contributed by atoms with Gasteiger partial charge in [0.25, 0.3) is 5.91 Å². The number of rotatable bonds is 8. The molecule has 3 aromatic carbocycles. The molecule has 0 radical (unpaired) electrons. The van der Waals surface area contributed by atoms with Crippen molar-refractivity contribution in [2.45, 2.75) is 19.4 Å². The van der Waals surface area contributed by atoms with Gasteiger partial charge in [0.2, 0.25) is 0 Å². The van der Waals surface area contributed by atoms with E-state index in [0.717, 1.165) is 22.3 Å². The van der Waals surface area contributed by atoms with Gasteiger partial charge in [-0.25, -0.2) is 4.79 Å². The molecule has 0 unspecified atom stereocenters. The number of nitrogens with zero attached hydrogens (tertiary/aromatic N) is 2. The first kappa shape index (κ1) is 24.0. The van der Waals surface area contributed by atoms with E-state index >= 15 is 0 Å². The molecular formula is C26H26N6O2. The molecule has 3 aromatic rings. The van der Waals surface area contributed by atoms with E-state index in [4.69, 9.17) is 5.84 Å². The Bertz CT molecular complexity index is 1210. The van der Waals surface area contributed by atoms with Crippen LogP contribution in [0.4, 0.5) is 10.5 Å². The number of benzene rings is 3. The van der Waals surface area contributed by atoms with E-state index in [1.165, 1.54) is 6.21 Å². The Morgan fingerprint density at radius 3 is 2.56 bits per heavy atom. The molecule has 34 heavy (non-hydrogen) atoms. The summed E-state index contributed by atoms with van der Waals surface area (Å²) in [7, 11) is 0. The molecule has 0 aliphatic heterocycles. The van der Waals surface area contributed by atoms with Crippen molar-refractivity contribution in [3.05, 3.63) is 89.5 Å². The van der Waals surface area contributed by atoms with Crippen LogP contribution in [0.15, 0.2) is 77.9 Å². The predicted molar refractivity (Wildman–Crippen MR) is 133 cm³/mol. The van der Waals surface area contributed by atoms with Crippen LogP contribution in [0.3, 0.4) is 0 Å². The van der Waals surface area contributed by atoms with Crippen LogP contribution < -0.4 is 21.8 Å². The van der Waals surface area contributed by atoms with Crippen molar-refractivity contribution in [3.8, 4) is 17.2 Å². The van der Waals surface area contributed by atoms with E-state index in [0.29, 0.717) is 24.2 Å². The van der Waals surface area contributed by atoms with Gasteiger partial charge < -0.3 is 16.5 Å². The lowest BCUT2D eigenvalue weighted by molar-refractivity contribution is -0.120. The number of carbonyl (C=O) groups excluding carboxylic acids is 2. The summed E-state index contributed by atoms with van der Waals surface area (Å²) in [6.45, 7) is 2.18. The van der Waals surface area contributed by atoms with Gasteiger partial charge >= 0.3 is 6.03 Å². The van der Waals surface area contributed by atoms with Crippen molar-refractivity contribution in [2.75, 3.05) is 11.9 Å². The van der Waals surface area contributed by atoms with Crippen molar-refractivity contribution >= 4 is 23.8 Å². The third kappa shape index (κ3) is 6.43. The second kappa shape index (κ2) is 11.8. The second-order valence-corrected chi connectivity index (χ2v) is 7.51. The monoisotopic (exact) mass is 454 g/mol. The minimum atomic E-state index is -0.718. The van der Waals surface area contributed by atoms with Crippen LogP contribution in [-0.2, 0) is 11.2 Å². The highest BCUT2D eigenvalue weighted by atomic mass is 16.2. The number of hydrogen-bond acceptors (Lipinski definition) is 6. The highest BCUT2D eigenvalue weighted by molar-refractivity contribution is 5.98. The quantitative estimate of drug-likeness (QED) is 0.235. The summed E-state index contributed by atoms with van der Waals surface area (Å²) in [4.78, 5) is 24.8. The molecule has 0 aromatic heterocycles. The van der Waals surface area contributed by atoms with Crippen LogP contribution in [0.5, 0.6) is 0 Å². The summed E-state index contributed by atoms with van der Waals surface area (Å²) in [6, 6.07) is 23.2. The normalized spacial score (nSPS) is 11.4. The number of carbonyl (C=O) groups is 2. The Kier molecular flexibility index (Phi) is 8.36. The fourth-order valence-corrected chi connectivity index (χ4v) is 3.51. The molecule has 0 saturated heterocycles. The molecule has 0 aliphatic carbocycles. The SMILES string of the molecule is CCNC(=O)NC(=O)[C@H](Cc1cccc(C=NN)c1)Nc1ccc(-c2ccccc2C#N)cc1. The molecule has 5 N–H and O–H groups in total. The largest absolute Gasteiger partial charge is 0.373 e. The number of nitrogens with one attached hydrogen (secondary N) is 3. The van der Waals surface area contributed by atoms with Crippen LogP contribution in [0, 0.1) is 11.3 Å². The Morgan fingerprint density at radius 1 is 1.09 bits per heavy atom. The van der Waals surface area contributed by atoms with Crippen LogP contribution in [0.25, 0.3) is 11.1 Å². The summed E-state index contributed by atoms with van der Waals surface area (Å²) in [5.74, 6) is 4.79. The average molecular weight is 455 g/mol. The number of anilines is 1. The standard InChI is InChI=1S/C26H26N6O2/c1-2-29-26(34)32-25(33)24(15-18-6-5-7-19(14-18)17-30-28)31-22-12-10-20(11-13-22)23-9-4-3-8-21(23)16-27/h3-14,17,24,31H,2,15,28H2,1H3,(H2,29,32,33,34)/t24-/m0/s1. The maximum Gasteiger partial charge on any atom is 0.321 e. The molecule has 0 heterocycles. The number of imide groups is 1.